The van der Waals surface area contributed by atoms with Crippen molar-refractivity contribution in [2.75, 3.05) is 32.0 Å². The maximum absolute atomic E-state index is 11.1. The Morgan fingerprint density at radius 2 is 1.85 bits per heavy atom. The van der Waals surface area contributed by atoms with E-state index in [9.17, 15) is 4.79 Å². The molecule has 1 aliphatic heterocycles. The molecule has 27 heavy (non-hydrogen) atoms. The smallest absolute Gasteiger partial charge is 0.221 e. The summed E-state index contributed by atoms with van der Waals surface area (Å²) in [6.45, 7) is 5.91. The van der Waals surface area contributed by atoms with Gasteiger partial charge in [-0.2, -0.15) is 0 Å². The van der Waals surface area contributed by atoms with Gasteiger partial charge in [0.1, 0.15) is 0 Å². The Labute approximate surface area is 163 Å². The van der Waals surface area contributed by atoms with E-state index in [-0.39, 0.29) is 5.91 Å². The number of benzene rings is 2. The molecule has 1 atom stereocenters. The molecular formula is C23H31N3O. The standard InChI is InChI=1S/C23H31N3O/c1-19(27)24-22-12-10-21(11-13-22)17-26-15-6-9-23(18-26)25(2)16-14-20-7-4-3-5-8-20/h3-5,7-8,10-13,23H,6,9,14-18H2,1-2H3,(H,24,27)/t23-/m0/s1. The number of likely N-dealkylation sites (tertiary alicyclic amines) is 1. The minimum atomic E-state index is -0.0276. The molecule has 1 N–H and O–H groups in total. The summed E-state index contributed by atoms with van der Waals surface area (Å²) in [7, 11) is 2.26. The van der Waals surface area contributed by atoms with Crippen molar-refractivity contribution in [1.29, 1.82) is 0 Å². The normalized spacial score (nSPS) is 17.8. The van der Waals surface area contributed by atoms with Gasteiger partial charge < -0.3 is 10.2 Å². The van der Waals surface area contributed by atoms with E-state index in [2.05, 4.69) is 64.6 Å². The number of anilines is 1. The summed E-state index contributed by atoms with van der Waals surface area (Å²) in [6, 6.07) is 19.6. The van der Waals surface area contributed by atoms with E-state index in [1.807, 2.05) is 12.1 Å². The van der Waals surface area contributed by atoms with E-state index < -0.39 is 0 Å². The third-order valence-corrected chi connectivity index (χ3v) is 5.38. The molecular weight excluding hydrogens is 334 g/mol. The van der Waals surface area contributed by atoms with Crippen molar-refractivity contribution in [2.24, 2.45) is 0 Å². The summed E-state index contributed by atoms with van der Waals surface area (Å²) in [5, 5.41) is 2.83. The first-order valence-electron chi connectivity index (χ1n) is 9.93. The molecule has 0 aromatic heterocycles. The van der Waals surface area contributed by atoms with Crippen molar-refractivity contribution < 1.29 is 4.79 Å². The van der Waals surface area contributed by atoms with Crippen LogP contribution in [0.2, 0.25) is 0 Å². The van der Waals surface area contributed by atoms with Crippen LogP contribution < -0.4 is 5.32 Å². The highest BCUT2D eigenvalue weighted by molar-refractivity contribution is 5.88. The number of rotatable bonds is 7. The van der Waals surface area contributed by atoms with Gasteiger partial charge >= 0.3 is 0 Å². The molecule has 0 aliphatic carbocycles. The second kappa shape index (κ2) is 9.67. The summed E-state index contributed by atoms with van der Waals surface area (Å²) >= 11 is 0. The van der Waals surface area contributed by atoms with Crippen molar-refractivity contribution in [3.05, 3.63) is 65.7 Å². The molecule has 2 aromatic carbocycles. The monoisotopic (exact) mass is 365 g/mol. The summed E-state index contributed by atoms with van der Waals surface area (Å²) < 4.78 is 0. The molecule has 1 amide bonds. The van der Waals surface area contributed by atoms with Crippen LogP contribution in [0.1, 0.15) is 30.9 Å². The first kappa shape index (κ1) is 19.6. The number of carbonyl (C=O) groups excluding carboxylic acids is 1. The van der Waals surface area contributed by atoms with Crippen LogP contribution in [0.5, 0.6) is 0 Å². The van der Waals surface area contributed by atoms with E-state index in [0.717, 1.165) is 38.3 Å². The number of nitrogens with one attached hydrogen (secondary N) is 1. The Hall–Kier alpha value is -2.17. The number of hydrogen-bond donors (Lipinski definition) is 1. The van der Waals surface area contributed by atoms with Gasteiger partial charge in [-0.15, -0.1) is 0 Å². The SMILES string of the molecule is CC(=O)Nc1ccc(CN2CCC[C@H](N(C)CCc3ccccc3)C2)cc1. The molecule has 4 heteroatoms. The highest BCUT2D eigenvalue weighted by Crippen LogP contribution is 2.19. The van der Waals surface area contributed by atoms with Gasteiger partial charge in [0.05, 0.1) is 0 Å². The third kappa shape index (κ3) is 6.19. The zero-order valence-corrected chi connectivity index (χ0v) is 16.5. The Bertz CT molecular complexity index is 714. The number of carbonyl (C=O) groups is 1. The quantitative estimate of drug-likeness (QED) is 0.811. The van der Waals surface area contributed by atoms with E-state index in [4.69, 9.17) is 0 Å². The van der Waals surface area contributed by atoms with Gasteiger partial charge in [-0.05, 0) is 56.1 Å². The minimum Gasteiger partial charge on any atom is -0.326 e. The van der Waals surface area contributed by atoms with Crippen LogP contribution >= 0.6 is 0 Å². The number of likely N-dealkylation sites (N-methyl/N-ethyl adjacent to an activating group) is 1. The number of piperidine rings is 1. The Morgan fingerprint density at radius 1 is 1.11 bits per heavy atom. The predicted molar refractivity (Wildman–Crippen MR) is 112 cm³/mol. The van der Waals surface area contributed by atoms with Gasteiger partial charge in [0, 0.05) is 38.3 Å². The van der Waals surface area contributed by atoms with Crippen LogP contribution in [0.25, 0.3) is 0 Å². The average molecular weight is 366 g/mol. The Morgan fingerprint density at radius 3 is 2.56 bits per heavy atom. The first-order valence-corrected chi connectivity index (χ1v) is 9.93. The van der Waals surface area contributed by atoms with Crippen LogP contribution in [0, 0.1) is 0 Å². The van der Waals surface area contributed by atoms with Gasteiger partial charge in [-0.3, -0.25) is 9.69 Å². The lowest BCUT2D eigenvalue weighted by molar-refractivity contribution is -0.114. The van der Waals surface area contributed by atoms with E-state index in [0.29, 0.717) is 6.04 Å². The molecule has 0 radical (unpaired) electrons. The average Bonchev–Trinajstić information content (AvgIpc) is 2.68. The molecule has 1 fully saturated rings. The fraction of sp³-hybridized carbons (Fsp3) is 0.435. The molecule has 2 aromatic rings. The largest absolute Gasteiger partial charge is 0.326 e. The fourth-order valence-electron chi connectivity index (χ4n) is 3.82. The molecule has 0 bridgehead atoms. The van der Waals surface area contributed by atoms with Gasteiger partial charge in [-0.1, -0.05) is 42.5 Å². The van der Waals surface area contributed by atoms with Gasteiger partial charge in [0.25, 0.3) is 0 Å². The van der Waals surface area contributed by atoms with E-state index >= 15 is 0 Å². The lowest BCUT2D eigenvalue weighted by Gasteiger charge is -2.37. The Kier molecular flexibility index (Phi) is 7.02. The van der Waals surface area contributed by atoms with Crippen LogP contribution in [-0.2, 0) is 17.8 Å². The predicted octanol–water partition coefficient (Wildman–Crippen LogP) is 3.78. The third-order valence-electron chi connectivity index (χ3n) is 5.38. The molecule has 1 heterocycles. The highest BCUT2D eigenvalue weighted by atomic mass is 16.1. The summed E-state index contributed by atoms with van der Waals surface area (Å²) in [4.78, 5) is 16.2. The number of amides is 1. The van der Waals surface area contributed by atoms with Crippen LogP contribution in [-0.4, -0.2) is 48.4 Å². The Balaban J connectivity index is 1.49. The maximum atomic E-state index is 11.1. The molecule has 0 saturated carbocycles. The molecule has 0 spiro atoms. The van der Waals surface area contributed by atoms with E-state index in [1.54, 1.807) is 0 Å². The van der Waals surface area contributed by atoms with Gasteiger partial charge in [0.2, 0.25) is 5.91 Å². The molecule has 144 valence electrons. The second-order valence-electron chi connectivity index (χ2n) is 7.63. The van der Waals surface area contributed by atoms with Crippen LogP contribution in [0.4, 0.5) is 5.69 Å². The first-order chi connectivity index (χ1) is 13.1. The molecule has 4 nitrogen and oxygen atoms in total. The molecule has 3 rings (SSSR count). The van der Waals surface area contributed by atoms with Crippen LogP contribution in [0.15, 0.2) is 54.6 Å². The zero-order chi connectivity index (χ0) is 19.1. The molecule has 0 unspecified atom stereocenters. The van der Waals surface area contributed by atoms with Crippen molar-refractivity contribution >= 4 is 11.6 Å². The summed E-state index contributed by atoms with van der Waals surface area (Å²) in [5.74, 6) is -0.0276. The highest BCUT2D eigenvalue weighted by Gasteiger charge is 2.23. The fourth-order valence-corrected chi connectivity index (χ4v) is 3.82. The molecule has 1 aliphatic rings. The molecule has 1 saturated heterocycles. The van der Waals surface area contributed by atoms with Crippen LogP contribution in [0.3, 0.4) is 0 Å². The summed E-state index contributed by atoms with van der Waals surface area (Å²) in [6.07, 6.45) is 3.64. The van der Waals surface area contributed by atoms with Crippen molar-refractivity contribution in [2.45, 2.75) is 38.8 Å². The lowest BCUT2D eigenvalue weighted by atomic mass is 10.0. The maximum Gasteiger partial charge on any atom is 0.221 e. The number of nitrogens with zero attached hydrogens (tertiary/aromatic N) is 2. The minimum absolute atomic E-state index is 0.0276. The lowest BCUT2D eigenvalue weighted by Crippen LogP contribution is -2.46. The topological polar surface area (TPSA) is 35.6 Å². The van der Waals surface area contributed by atoms with Crippen molar-refractivity contribution in [3.63, 3.8) is 0 Å². The van der Waals surface area contributed by atoms with Crippen molar-refractivity contribution in [3.8, 4) is 0 Å². The summed E-state index contributed by atoms with van der Waals surface area (Å²) in [5.41, 5.74) is 3.58. The van der Waals surface area contributed by atoms with Gasteiger partial charge in [0.15, 0.2) is 0 Å². The number of hydrogen-bond acceptors (Lipinski definition) is 3. The van der Waals surface area contributed by atoms with Gasteiger partial charge in [-0.25, -0.2) is 0 Å². The van der Waals surface area contributed by atoms with E-state index in [1.165, 1.54) is 30.9 Å². The van der Waals surface area contributed by atoms with Crippen molar-refractivity contribution in [1.82, 2.24) is 9.80 Å². The zero-order valence-electron chi connectivity index (χ0n) is 16.5. The second-order valence-corrected chi connectivity index (χ2v) is 7.63.